The predicted molar refractivity (Wildman–Crippen MR) is 399 cm³/mol. The van der Waals surface area contributed by atoms with Gasteiger partial charge in [0, 0.05) is 44.1 Å². The molecule has 0 radical (unpaired) electrons. The molecule has 0 spiro atoms. The minimum Gasteiger partial charge on any atom is -0.396 e. The summed E-state index contributed by atoms with van der Waals surface area (Å²) in [4.78, 5) is 11.8. The number of halogens is 7. The standard InChI is InChI=1S/C11H20N2.C10H19F3O.C10H20F2O.C10H21FO.C10H19N3.C10H22O.C9H19FO.C9H20O/c1-4-5-6-10(9(2)3)11-12-7-8-13-11;1-4-5-6-8(7(2)3)9(14)10(11,12)13;1-4-5-6-8(7(2)3)9(13)10(11)12;1-4-5-6-9(8(2)3)10(12)7-11;1-4-5-6-9(8(2)3)10-11-7-12-13-10;1-4-5-6-10(7-8-11)9(2)3;1-8(2)9(7-11)5-3-4-6-10;1-4-5-6-9(7-10)8(2)3/h7-10H,4-6H2,1-3H3,(H,12,13);7-9,14H,4-6H2,1-3H3;7-10,13H,4-6H2,1-3H3;8-10,12H,4-7H2,1-3H3;7-9H,4-6H2,1-3H3,(H,11,12,13);9-11H,4-8H2,1-3H3;8-9,11H,3-7H2,1-2H3;8-10H,4-7H2,1-3H3/t;2*8?,9-;;;;;/m.10...../s1. The van der Waals surface area contributed by atoms with E-state index in [0.29, 0.717) is 85.7 Å². The fraction of sp³-hybridized carbons (Fsp3) is 0.937. The highest BCUT2D eigenvalue weighted by Crippen LogP contribution is 2.34. The van der Waals surface area contributed by atoms with Crippen molar-refractivity contribution in [1.82, 2.24) is 25.1 Å². The van der Waals surface area contributed by atoms with Gasteiger partial charge in [0.15, 0.2) is 6.10 Å². The third-order valence-electron chi connectivity index (χ3n) is 18.9. The van der Waals surface area contributed by atoms with E-state index in [1.165, 1.54) is 77.0 Å². The first kappa shape index (κ1) is 106. The van der Waals surface area contributed by atoms with E-state index < -0.39 is 43.5 Å². The van der Waals surface area contributed by atoms with Gasteiger partial charge in [-0.25, -0.2) is 23.1 Å². The van der Waals surface area contributed by atoms with Gasteiger partial charge in [-0.05, 0) is 141 Å². The lowest BCUT2D eigenvalue weighted by Crippen LogP contribution is -2.38. The van der Waals surface area contributed by atoms with Gasteiger partial charge >= 0.3 is 6.18 Å². The van der Waals surface area contributed by atoms with Crippen molar-refractivity contribution in [2.75, 3.05) is 33.2 Å². The summed E-state index contributed by atoms with van der Waals surface area (Å²) in [5.41, 5.74) is 0. The zero-order chi connectivity index (χ0) is 76.1. The number of aliphatic hydroxyl groups is 6. The van der Waals surface area contributed by atoms with Crippen LogP contribution in [-0.4, -0.2) is 120 Å². The van der Waals surface area contributed by atoms with E-state index in [0.717, 1.165) is 87.7 Å². The minimum atomic E-state index is -4.48. The van der Waals surface area contributed by atoms with Crippen LogP contribution in [0.3, 0.4) is 0 Å². The van der Waals surface area contributed by atoms with E-state index in [4.69, 9.17) is 20.4 Å². The number of alkyl halides is 7. The number of nitrogens with one attached hydrogen (secondary N) is 2. The van der Waals surface area contributed by atoms with E-state index >= 15 is 0 Å². The van der Waals surface area contributed by atoms with Gasteiger partial charge < -0.3 is 35.6 Å². The molecule has 97 heavy (non-hydrogen) atoms. The molecule has 0 saturated carbocycles. The maximum atomic E-state index is 12.2. The summed E-state index contributed by atoms with van der Waals surface area (Å²) >= 11 is 0. The van der Waals surface area contributed by atoms with Crippen molar-refractivity contribution >= 4 is 0 Å². The summed E-state index contributed by atoms with van der Waals surface area (Å²) < 4.78 is 85.0. The molecule has 586 valence electrons. The highest BCUT2D eigenvalue weighted by Gasteiger charge is 2.44. The normalized spacial score (nSPS) is 15.0. The van der Waals surface area contributed by atoms with Crippen molar-refractivity contribution in [2.45, 2.75) is 363 Å². The SMILES string of the molecule is CC(C)C(CO)CCCCF.CCCCC(C(C)C)C(O)CF.CCCCC(C(C)C)[C@@H](O)C(F)(F)F.CCCCC(C(C)C)[C@H](O)C(F)F.CCCCC(CCO)C(C)C.CCCCC(CO)C(C)C.CCCCC(c1ncc[nH]1)C(C)C.CCCCC(c1ncn[nH]1)C(C)C. The molecular weight excluding hydrogens is 1250 g/mol. The van der Waals surface area contributed by atoms with Gasteiger partial charge in [-0.3, -0.25) is 9.49 Å². The summed E-state index contributed by atoms with van der Waals surface area (Å²) in [6, 6.07) is 0. The van der Waals surface area contributed by atoms with Crippen LogP contribution in [0, 0.1) is 82.9 Å². The van der Waals surface area contributed by atoms with Crippen LogP contribution in [0.25, 0.3) is 0 Å². The molecule has 2 aromatic rings. The molecule has 2 rings (SSSR count). The van der Waals surface area contributed by atoms with Gasteiger partial charge in [0.05, 0.1) is 12.8 Å². The minimum absolute atomic E-state index is 0.121. The van der Waals surface area contributed by atoms with Gasteiger partial charge in [-0.1, -0.05) is 262 Å². The summed E-state index contributed by atoms with van der Waals surface area (Å²) in [5, 5.41) is 61.2. The van der Waals surface area contributed by atoms with Gasteiger partial charge in [0.25, 0.3) is 6.43 Å². The Balaban J connectivity index is -0.000000244. The smallest absolute Gasteiger partial charge is 0.396 e. The third kappa shape index (κ3) is 58.8. The first-order valence-corrected chi connectivity index (χ1v) is 38.8. The van der Waals surface area contributed by atoms with Crippen molar-refractivity contribution in [2.24, 2.45) is 82.9 Å². The van der Waals surface area contributed by atoms with Gasteiger partial charge in [-0.2, -0.15) is 18.3 Å². The van der Waals surface area contributed by atoms with Crippen LogP contribution in [0.4, 0.5) is 30.7 Å². The van der Waals surface area contributed by atoms with Crippen molar-refractivity contribution in [3.63, 3.8) is 0 Å². The number of aromatic nitrogens is 5. The van der Waals surface area contributed by atoms with E-state index in [9.17, 15) is 40.9 Å². The number of nitrogens with zero attached hydrogens (tertiary/aromatic N) is 3. The molecule has 0 aliphatic heterocycles. The predicted octanol–water partition coefficient (Wildman–Crippen LogP) is 23.0. The first-order chi connectivity index (χ1) is 45.6. The molecule has 0 aliphatic rings. The quantitative estimate of drug-likeness (QED) is 0.0236. The van der Waals surface area contributed by atoms with Crippen molar-refractivity contribution in [1.29, 1.82) is 0 Å². The molecule has 0 saturated heterocycles. The highest BCUT2D eigenvalue weighted by atomic mass is 19.4. The topological polar surface area (TPSA) is 192 Å². The summed E-state index contributed by atoms with van der Waals surface area (Å²) in [6.07, 6.45) is 20.2. The van der Waals surface area contributed by atoms with E-state index in [2.05, 4.69) is 129 Å². The van der Waals surface area contributed by atoms with Crippen molar-refractivity contribution in [3.05, 3.63) is 30.4 Å². The summed E-state index contributed by atoms with van der Waals surface area (Å²) in [7, 11) is 0. The molecule has 0 fully saturated rings. The molecule has 18 heteroatoms. The van der Waals surface area contributed by atoms with Gasteiger partial charge in [-0.15, -0.1) is 0 Å². The molecule has 0 amide bonds. The Morgan fingerprint density at radius 2 is 0.794 bits per heavy atom. The maximum absolute atomic E-state index is 12.2. The van der Waals surface area contributed by atoms with E-state index in [1.807, 2.05) is 53.9 Å². The summed E-state index contributed by atoms with van der Waals surface area (Å²) in [6.45, 7) is 48.4. The Labute approximate surface area is 593 Å². The van der Waals surface area contributed by atoms with Gasteiger partial charge in [0.2, 0.25) is 0 Å². The maximum Gasteiger partial charge on any atom is 0.414 e. The fourth-order valence-electron chi connectivity index (χ4n) is 11.6. The van der Waals surface area contributed by atoms with Crippen LogP contribution >= 0.6 is 0 Å². The highest BCUT2D eigenvalue weighted by molar-refractivity contribution is 4.98. The van der Waals surface area contributed by atoms with Crippen LogP contribution in [0.2, 0.25) is 0 Å². The largest absolute Gasteiger partial charge is 0.414 e. The number of rotatable bonds is 44. The average molecular weight is 1410 g/mol. The van der Waals surface area contributed by atoms with Crippen LogP contribution in [-0.2, 0) is 0 Å². The van der Waals surface area contributed by atoms with Crippen molar-refractivity contribution < 1.29 is 61.4 Å². The number of imidazole rings is 1. The molecule has 0 aliphatic carbocycles. The lowest BCUT2D eigenvalue weighted by molar-refractivity contribution is -0.224. The number of hydrogen-bond donors (Lipinski definition) is 8. The molecule has 2 heterocycles. The summed E-state index contributed by atoms with van der Waals surface area (Å²) in [5.74, 6) is 7.73. The Bertz CT molecular complexity index is 1760. The Hall–Kier alpha value is -2.38. The number of aliphatic hydroxyl groups excluding tert-OH is 6. The molecule has 9 unspecified atom stereocenters. The molecular formula is C79H160F7N5O6. The van der Waals surface area contributed by atoms with E-state index in [1.54, 1.807) is 20.2 Å². The molecule has 8 N–H and O–H groups in total. The molecule has 11 atom stereocenters. The molecule has 2 aromatic heterocycles. The number of hydrogen-bond acceptors (Lipinski definition) is 9. The second-order valence-corrected chi connectivity index (χ2v) is 29.9. The number of aromatic amines is 2. The zero-order valence-electron chi connectivity index (χ0n) is 66.7. The Morgan fingerprint density at radius 1 is 0.423 bits per heavy atom. The molecule has 0 bridgehead atoms. The van der Waals surface area contributed by atoms with Crippen LogP contribution < -0.4 is 0 Å². The lowest BCUT2D eigenvalue weighted by Gasteiger charge is -2.27. The molecule has 11 nitrogen and oxygen atoms in total. The monoisotopic (exact) mass is 1410 g/mol. The molecule has 0 aromatic carbocycles. The second-order valence-electron chi connectivity index (χ2n) is 29.9. The van der Waals surface area contributed by atoms with Crippen LogP contribution in [0.1, 0.15) is 343 Å². The van der Waals surface area contributed by atoms with E-state index in [-0.39, 0.29) is 37.0 Å². The Morgan fingerprint density at radius 3 is 1.09 bits per heavy atom. The first-order valence-electron chi connectivity index (χ1n) is 38.8. The fourth-order valence-corrected chi connectivity index (χ4v) is 11.6. The number of unbranched alkanes of at least 4 members (excludes halogenated alkanes) is 8. The zero-order valence-corrected chi connectivity index (χ0v) is 66.7. The van der Waals surface area contributed by atoms with Crippen LogP contribution in [0.15, 0.2) is 18.7 Å². The Kier molecular flexibility index (Phi) is 75.5. The number of H-pyrrole nitrogens is 2. The van der Waals surface area contributed by atoms with Crippen molar-refractivity contribution in [3.8, 4) is 0 Å². The third-order valence-corrected chi connectivity index (χ3v) is 18.9. The second kappa shape index (κ2) is 69.3. The average Bonchev–Trinajstić information content (AvgIpc) is 1.48. The van der Waals surface area contributed by atoms with Gasteiger partial charge in [0.1, 0.15) is 30.8 Å². The lowest BCUT2D eigenvalue weighted by atomic mass is 9.85. The van der Waals surface area contributed by atoms with Crippen LogP contribution in [0.5, 0.6) is 0 Å².